The Bertz CT molecular complexity index is 1090. The molecule has 2 aromatic carbocycles. The lowest BCUT2D eigenvalue weighted by atomic mass is 10.0. The molecule has 1 atom stereocenters. The molecular formula is C23H25N3O2. The second kappa shape index (κ2) is 7.80. The van der Waals surface area contributed by atoms with Gasteiger partial charge in [0.25, 0.3) is 11.5 Å². The predicted molar refractivity (Wildman–Crippen MR) is 113 cm³/mol. The van der Waals surface area contributed by atoms with Gasteiger partial charge in [-0.3, -0.25) is 9.59 Å². The van der Waals surface area contributed by atoms with E-state index in [-0.39, 0.29) is 11.5 Å². The lowest BCUT2D eigenvalue weighted by Crippen LogP contribution is -2.38. The van der Waals surface area contributed by atoms with Crippen LogP contribution in [0.3, 0.4) is 0 Å². The summed E-state index contributed by atoms with van der Waals surface area (Å²) in [5, 5.41) is 4.52. The highest BCUT2D eigenvalue weighted by molar-refractivity contribution is 5.95. The van der Waals surface area contributed by atoms with Crippen LogP contribution in [0, 0.1) is 20.8 Å². The van der Waals surface area contributed by atoms with Gasteiger partial charge in [-0.1, -0.05) is 29.8 Å². The van der Waals surface area contributed by atoms with E-state index in [1.807, 2.05) is 63.2 Å². The maximum absolute atomic E-state index is 13.0. The van der Waals surface area contributed by atoms with Crippen LogP contribution < -0.4 is 10.5 Å². The number of aromatic nitrogens is 2. The van der Waals surface area contributed by atoms with Crippen LogP contribution in [0.5, 0.6) is 0 Å². The Kier molecular flexibility index (Phi) is 5.45. The zero-order valence-corrected chi connectivity index (χ0v) is 16.9. The monoisotopic (exact) mass is 375 g/mol. The smallest absolute Gasteiger partial charge is 0.267 e. The van der Waals surface area contributed by atoms with Gasteiger partial charge in [0.2, 0.25) is 0 Å². The number of carbonyl (C=O) groups excluding carboxylic acids is 1. The Balaban J connectivity index is 1.97. The summed E-state index contributed by atoms with van der Waals surface area (Å²) in [7, 11) is 1.72. The number of carbonyl (C=O) groups is 1. The van der Waals surface area contributed by atoms with Gasteiger partial charge < -0.3 is 4.90 Å². The van der Waals surface area contributed by atoms with Gasteiger partial charge in [0.1, 0.15) is 6.04 Å². The molecular weight excluding hydrogens is 350 g/mol. The minimum Gasteiger partial charge on any atom is -0.314 e. The molecule has 1 unspecified atom stereocenters. The zero-order valence-electron chi connectivity index (χ0n) is 16.9. The number of anilines is 1. The van der Waals surface area contributed by atoms with E-state index in [0.29, 0.717) is 5.69 Å². The minimum atomic E-state index is -0.719. The molecule has 0 spiro atoms. The van der Waals surface area contributed by atoms with Crippen molar-refractivity contribution >= 4 is 11.6 Å². The van der Waals surface area contributed by atoms with Crippen LogP contribution in [0.15, 0.2) is 59.4 Å². The maximum atomic E-state index is 13.0. The molecule has 1 heterocycles. The number of hydrogen-bond acceptors (Lipinski definition) is 3. The average Bonchev–Trinajstić information content (AvgIpc) is 2.68. The number of rotatable bonds is 4. The summed E-state index contributed by atoms with van der Waals surface area (Å²) in [5.74, 6) is -0.196. The molecule has 0 N–H and O–H groups in total. The van der Waals surface area contributed by atoms with Crippen molar-refractivity contribution in [2.75, 3.05) is 11.9 Å². The summed E-state index contributed by atoms with van der Waals surface area (Å²) in [4.78, 5) is 27.0. The van der Waals surface area contributed by atoms with Crippen LogP contribution in [0.4, 0.5) is 5.69 Å². The van der Waals surface area contributed by atoms with E-state index in [2.05, 4.69) is 5.10 Å². The van der Waals surface area contributed by atoms with Crippen molar-refractivity contribution in [1.82, 2.24) is 9.78 Å². The third-order valence-corrected chi connectivity index (χ3v) is 4.94. The summed E-state index contributed by atoms with van der Waals surface area (Å²) in [5.41, 5.74) is 5.38. The van der Waals surface area contributed by atoms with E-state index in [1.165, 1.54) is 10.7 Å². The molecule has 0 aliphatic rings. The molecule has 0 fully saturated rings. The molecule has 1 aromatic heterocycles. The van der Waals surface area contributed by atoms with Crippen molar-refractivity contribution in [1.29, 1.82) is 0 Å². The normalized spacial score (nSPS) is 11.9. The first kappa shape index (κ1) is 19.5. The quantitative estimate of drug-likeness (QED) is 0.691. The Morgan fingerprint density at radius 2 is 1.71 bits per heavy atom. The second-order valence-electron chi connectivity index (χ2n) is 7.23. The largest absolute Gasteiger partial charge is 0.314 e. The number of amides is 1. The summed E-state index contributed by atoms with van der Waals surface area (Å²) >= 11 is 0. The number of benzene rings is 2. The lowest BCUT2D eigenvalue weighted by Gasteiger charge is -2.23. The SMILES string of the molecule is Cc1cccc(N(C)C(=O)C(C)n2nc(-c3cc(C)ccc3C)ccc2=O)c1. The third kappa shape index (κ3) is 3.88. The molecule has 1 amide bonds. The van der Waals surface area contributed by atoms with Crippen LogP contribution in [-0.2, 0) is 4.79 Å². The Morgan fingerprint density at radius 1 is 1.00 bits per heavy atom. The number of likely N-dealkylation sites (N-methyl/N-ethyl adjacent to an activating group) is 1. The topological polar surface area (TPSA) is 55.2 Å². The predicted octanol–water partition coefficient (Wildman–Crippen LogP) is 4.06. The van der Waals surface area contributed by atoms with Gasteiger partial charge in [0.15, 0.2) is 0 Å². The third-order valence-electron chi connectivity index (χ3n) is 4.94. The summed E-state index contributed by atoms with van der Waals surface area (Å²) in [6.45, 7) is 7.70. The first-order chi connectivity index (χ1) is 13.3. The summed E-state index contributed by atoms with van der Waals surface area (Å²) < 4.78 is 1.27. The summed E-state index contributed by atoms with van der Waals surface area (Å²) in [6.07, 6.45) is 0. The fraction of sp³-hybridized carbons (Fsp3) is 0.261. The molecule has 3 aromatic rings. The number of aryl methyl sites for hydroxylation is 3. The van der Waals surface area contributed by atoms with E-state index in [1.54, 1.807) is 24.9 Å². The minimum absolute atomic E-state index is 0.196. The molecule has 0 saturated heterocycles. The van der Waals surface area contributed by atoms with Crippen LogP contribution in [0.1, 0.15) is 29.7 Å². The molecule has 0 radical (unpaired) electrons. The van der Waals surface area contributed by atoms with Crippen molar-refractivity contribution in [2.45, 2.75) is 33.7 Å². The molecule has 0 aliphatic carbocycles. The number of nitrogens with zero attached hydrogens (tertiary/aromatic N) is 3. The molecule has 144 valence electrons. The highest BCUT2D eigenvalue weighted by Gasteiger charge is 2.23. The molecule has 5 heteroatoms. The van der Waals surface area contributed by atoms with Crippen LogP contribution in [-0.4, -0.2) is 22.7 Å². The first-order valence-corrected chi connectivity index (χ1v) is 9.29. The lowest BCUT2D eigenvalue weighted by molar-refractivity contribution is -0.121. The van der Waals surface area contributed by atoms with Crippen molar-refractivity contribution in [2.24, 2.45) is 0 Å². The van der Waals surface area contributed by atoms with Crippen LogP contribution in [0.2, 0.25) is 0 Å². The van der Waals surface area contributed by atoms with Crippen molar-refractivity contribution in [3.05, 3.63) is 81.6 Å². The molecule has 28 heavy (non-hydrogen) atoms. The van der Waals surface area contributed by atoms with Gasteiger partial charge in [-0.2, -0.15) is 5.10 Å². The number of hydrogen-bond donors (Lipinski definition) is 0. The van der Waals surface area contributed by atoms with E-state index in [4.69, 9.17) is 0 Å². The van der Waals surface area contributed by atoms with E-state index < -0.39 is 6.04 Å². The van der Waals surface area contributed by atoms with Crippen LogP contribution in [0.25, 0.3) is 11.3 Å². The highest BCUT2D eigenvalue weighted by Crippen LogP contribution is 2.23. The molecule has 0 bridgehead atoms. The summed E-state index contributed by atoms with van der Waals surface area (Å²) in [6, 6.07) is 16.3. The maximum Gasteiger partial charge on any atom is 0.267 e. The van der Waals surface area contributed by atoms with Gasteiger partial charge in [-0.05, 0) is 63.1 Å². The van der Waals surface area contributed by atoms with Crippen molar-refractivity contribution < 1.29 is 4.79 Å². The van der Waals surface area contributed by atoms with E-state index in [9.17, 15) is 9.59 Å². The van der Waals surface area contributed by atoms with E-state index in [0.717, 1.165) is 27.9 Å². The fourth-order valence-electron chi connectivity index (χ4n) is 3.21. The zero-order chi connectivity index (χ0) is 20.4. The fourth-order valence-corrected chi connectivity index (χ4v) is 3.21. The Morgan fingerprint density at radius 3 is 2.43 bits per heavy atom. The molecule has 3 rings (SSSR count). The second-order valence-corrected chi connectivity index (χ2v) is 7.23. The van der Waals surface area contributed by atoms with Gasteiger partial charge in [-0.25, -0.2) is 4.68 Å². The molecule has 5 nitrogen and oxygen atoms in total. The van der Waals surface area contributed by atoms with Gasteiger partial charge in [0, 0.05) is 24.4 Å². The highest BCUT2D eigenvalue weighted by atomic mass is 16.2. The van der Waals surface area contributed by atoms with Crippen molar-refractivity contribution in [3.63, 3.8) is 0 Å². The Labute approximate surface area is 165 Å². The van der Waals surface area contributed by atoms with Gasteiger partial charge in [0.05, 0.1) is 5.69 Å². The molecule has 0 saturated carbocycles. The standard InChI is InChI=1S/C23H25N3O2/c1-15-7-6-8-19(13-15)25(5)23(28)18(4)26-22(27)12-11-21(24-26)20-14-16(2)9-10-17(20)3/h6-14,18H,1-5H3. The average molecular weight is 375 g/mol. The van der Waals surface area contributed by atoms with Gasteiger partial charge in [-0.15, -0.1) is 0 Å². The Hall–Kier alpha value is -3.21. The molecule has 0 aliphatic heterocycles. The van der Waals surface area contributed by atoms with E-state index >= 15 is 0 Å². The van der Waals surface area contributed by atoms with Crippen LogP contribution >= 0.6 is 0 Å². The first-order valence-electron chi connectivity index (χ1n) is 9.29. The van der Waals surface area contributed by atoms with Gasteiger partial charge >= 0.3 is 0 Å². The van der Waals surface area contributed by atoms with Crippen molar-refractivity contribution in [3.8, 4) is 11.3 Å².